The van der Waals surface area contributed by atoms with Gasteiger partial charge in [-0.3, -0.25) is 10.6 Å². The molecule has 2 rings (SSSR count). The Balaban J connectivity index is 0.000000272. The van der Waals surface area contributed by atoms with Crippen molar-refractivity contribution in [3.8, 4) is 0 Å². The molecule has 1 saturated carbocycles. The van der Waals surface area contributed by atoms with E-state index in [0.717, 1.165) is 25.7 Å². The van der Waals surface area contributed by atoms with E-state index in [2.05, 4.69) is 0 Å². The van der Waals surface area contributed by atoms with E-state index in [1.807, 2.05) is 11.5 Å². The molecule has 132 valence electrons. The second-order valence-electron chi connectivity index (χ2n) is 5.30. The summed E-state index contributed by atoms with van der Waals surface area (Å²) < 4.78 is 5.34. The number of benzene rings is 1. The lowest BCUT2D eigenvalue weighted by atomic mass is 9.98. The third-order valence-corrected chi connectivity index (χ3v) is 3.51. The van der Waals surface area contributed by atoms with Crippen molar-refractivity contribution < 1.29 is 19.4 Å². The zero-order chi connectivity index (χ0) is 17.9. The first-order valence-corrected chi connectivity index (χ1v) is 7.66. The Kier molecular flexibility index (Phi) is 8.14. The van der Waals surface area contributed by atoms with Gasteiger partial charge >= 0.3 is 5.97 Å². The number of carbonyl (C=O) groups is 2. The maximum atomic E-state index is 10.7. The molecule has 0 aromatic heterocycles. The molecule has 1 aromatic rings. The number of hydrogen-bond donors (Lipinski definition) is 5. The number of aliphatic carboxylic acids is 1. The molecule has 0 unspecified atom stereocenters. The Hall–Kier alpha value is -2.74. The highest BCUT2D eigenvalue weighted by molar-refractivity contribution is 5.92. The monoisotopic (exact) mass is 336 g/mol. The fraction of sp³-hybridized carbons (Fsp3) is 0.375. The van der Waals surface area contributed by atoms with Gasteiger partial charge in [-0.05, 0) is 37.8 Å². The van der Waals surface area contributed by atoms with Gasteiger partial charge in [0.05, 0.1) is 0 Å². The number of hydrogen-bond acceptors (Lipinski definition) is 6. The first kappa shape index (κ1) is 19.3. The van der Waals surface area contributed by atoms with E-state index < -0.39 is 5.97 Å². The first-order chi connectivity index (χ1) is 11.5. The number of nitrogens with two attached hydrogens (primary N) is 3. The number of nitrogens with one attached hydrogen (secondary N) is 1. The average Bonchev–Trinajstić information content (AvgIpc) is 2.57. The van der Waals surface area contributed by atoms with Gasteiger partial charge in [-0.15, -0.1) is 0 Å². The van der Waals surface area contributed by atoms with Crippen LogP contribution in [0.4, 0.5) is 0 Å². The predicted octanol–water partition coefficient (Wildman–Crippen LogP) is 0.797. The molecule has 1 fully saturated rings. The molecule has 8 N–H and O–H groups in total. The van der Waals surface area contributed by atoms with Gasteiger partial charge in [0.2, 0.25) is 11.8 Å². The summed E-state index contributed by atoms with van der Waals surface area (Å²) in [6, 6.07) is 8.76. The van der Waals surface area contributed by atoms with Gasteiger partial charge in [0.15, 0.2) is 5.70 Å². The number of rotatable bonds is 5. The summed E-state index contributed by atoms with van der Waals surface area (Å²) in [5, 5.41) is 8.71. The zero-order valence-electron chi connectivity index (χ0n) is 13.4. The van der Waals surface area contributed by atoms with E-state index in [1.54, 1.807) is 24.3 Å². The van der Waals surface area contributed by atoms with Crippen LogP contribution in [0.5, 0.6) is 0 Å². The van der Waals surface area contributed by atoms with Gasteiger partial charge in [-0.1, -0.05) is 24.6 Å². The van der Waals surface area contributed by atoms with Crippen molar-refractivity contribution in [2.24, 2.45) is 17.3 Å². The summed E-state index contributed by atoms with van der Waals surface area (Å²) >= 11 is 0. The van der Waals surface area contributed by atoms with Crippen LogP contribution < -0.4 is 22.7 Å². The Morgan fingerprint density at radius 3 is 2.08 bits per heavy atom. The lowest BCUT2D eigenvalue weighted by molar-refractivity contribution is -0.133. The molecule has 1 aromatic carbocycles. The normalized spacial score (nSPS) is 15.4. The molecule has 0 radical (unpaired) electrons. The van der Waals surface area contributed by atoms with Crippen molar-refractivity contribution >= 4 is 11.9 Å². The summed E-state index contributed by atoms with van der Waals surface area (Å²) in [5.41, 5.74) is 12.8. The van der Waals surface area contributed by atoms with Crippen molar-refractivity contribution in [1.82, 2.24) is 5.43 Å². The molecule has 0 spiro atoms. The van der Waals surface area contributed by atoms with Crippen LogP contribution in [-0.2, 0) is 9.53 Å². The maximum Gasteiger partial charge on any atom is 0.358 e. The number of ether oxygens (including phenoxy) is 1. The van der Waals surface area contributed by atoms with Crippen LogP contribution in [0.25, 0.3) is 0 Å². The van der Waals surface area contributed by atoms with Crippen LogP contribution >= 0.6 is 0 Å². The summed E-state index contributed by atoms with van der Waals surface area (Å²) in [6.07, 6.45) is 5.23. The summed E-state index contributed by atoms with van der Waals surface area (Å²) in [5.74, 6) is 3.29. The quantitative estimate of drug-likeness (QED) is 0.230. The molecule has 1 aliphatic carbocycles. The maximum absolute atomic E-state index is 10.7. The second-order valence-corrected chi connectivity index (χ2v) is 5.30. The average molecular weight is 336 g/mol. The molecule has 8 nitrogen and oxygen atoms in total. The number of carbonyl (C=O) groups excluding carboxylic acids is 1. The molecule has 0 aliphatic heterocycles. The van der Waals surface area contributed by atoms with Crippen molar-refractivity contribution in [1.29, 1.82) is 0 Å². The van der Waals surface area contributed by atoms with E-state index in [4.69, 9.17) is 27.2 Å². The molecular weight excluding hydrogens is 312 g/mol. The standard InChI is InChI=1S/C9H17N3O3.C7H7NO/c10-8(7(12-11)9(13)14)15-6-4-2-1-3-5-6;8-7(9)6-4-2-1-3-5-6/h6,12H,1-5,10-11H2,(H,13,14);1-5H,(H2,8,9)/b8-7+;. The lowest BCUT2D eigenvalue weighted by Crippen LogP contribution is -2.32. The number of carboxylic acid groups (broad SMARTS) is 1. The third kappa shape index (κ3) is 6.57. The molecule has 0 heterocycles. The zero-order valence-corrected chi connectivity index (χ0v) is 13.4. The second kappa shape index (κ2) is 10.1. The topological polar surface area (TPSA) is 154 Å². The summed E-state index contributed by atoms with van der Waals surface area (Å²) in [7, 11) is 0. The van der Waals surface area contributed by atoms with Gasteiger partial charge in [-0.25, -0.2) is 4.79 Å². The number of primary amides is 1. The van der Waals surface area contributed by atoms with Gasteiger partial charge in [0, 0.05) is 5.56 Å². The minimum absolute atomic E-state index is 0.0152. The molecule has 0 bridgehead atoms. The van der Waals surface area contributed by atoms with Gasteiger partial charge in [-0.2, -0.15) is 0 Å². The van der Waals surface area contributed by atoms with Gasteiger partial charge < -0.3 is 26.7 Å². The van der Waals surface area contributed by atoms with Gasteiger partial charge in [0.25, 0.3) is 0 Å². The van der Waals surface area contributed by atoms with Crippen LogP contribution in [0.1, 0.15) is 42.5 Å². The molecule has 1 amide bonds. The minimum Gasteiger partial charge on any atom is -0.476 e. The van der Waals surface area contributed by atoms with Crippen molar-refractivity contribution in [3.05, 3.63) is 47.5 Å². The highest BCUT2D eigenvalue weighted by Gasteiger charge is 2.19. The number of hydrazine groups is 1. The summed E-state index contributed by atoms with van der Waals surface area (Å²) in [4.78, 5) is 21.1. The van der Waals surface area contributed by atoms with Crippen molar-refractivity contribution in [2.45, 2.75) is 38.2 Å². The number of amides is 1. The molecule has 0 atom stereocenters. The number of carboxylic acids is 1. The molecule has 1 aliphatic rings. The van der Waals surface area contributed by atoms with E-state index in [9.17, 15) is 9.59 Å². The summed E-state index contributed by atoms with van der Waals surface area (Å²) in [6.45, 7) is 0. The van der Waals surface area contributed by atoms with Crippen molar-refractivity contribution in [2.75, 3.05) is 0 Å². The van der Waals surface area contributed by atoms with E-state index in [1.165, 1.54) is 6.42 Å². The highest BCUT2D eigenvalue weighted by atomic mass is 16.5. The fourth-order valence-electron chi connectivity index (χ4n) is 2.26. The molecule has 0 saturated heterocycles. The predicted molar refractivity (Wildman–Crippen MR) is 89.1 cm³/mol. The SMILES string of the molecule is NC(=O)c1ccccc1.NN/C(C(=O)O)=C(\N)OC1CCCCC1. The van der Waals surface area contributed by atoms with E-state index in [0.29, 0.717) is 5.56 Å². The fourth-order valence-corrected chi connectivity index (χ4v) is 2.26. The van der Waals surface area contributed by atoms with E-state index in [-0.39, 0.29) is 23.6 Å². The smallest absolute Gasteiger partial charge is 0.358 e. The molecule has 24 heavy (non-hydrogen) atoms. The Morgan fingerprint density at radius 1 is 1.08 bits per heavy atom. The first-order valence-electron chi connectivity index (χ1n) is 7.66. The van der Waals surface area contributed by atoms with Crippen LogP contribution in [0, 0.1) is 0 Å². The largest absolute Gasteiger partial charge is 0.476 e. The highest BCUT2D eigenvalue weighted by Crippen LogP contribution is 2.21. The third-order valence-electron chi connectivity index (χ3n) is 3.51. The minimum atomic E-state index is -1.22. The Morgan fingerprint density at radius 2 is 1.67 bits per heavy atom. The van der Waals surface area contributed by atoms with Crippen LogP contribution in [0.3, 0.4) is 0 Å². The lowest BCUT2D eigenvalue weighted by Gasteiger charge is -2.23. The van der Waals surface area contributed by atoms with Crippen molar-refractivity contribution in [3.63, 3.8) is 0 Å². The molecular formula is C16H24N4O4. The Bertz CT molecular complexity index is 569. The van der Waals surface area contributed by atoms with E-state index >= 15 is 0 Å². The Labute approximate surface area is 140 Å². The van der Waals surface area contributed by atoms with Crippen LogP contribution in [0.15, 0.2) is 41.9 Å². The van der Waals surface area contributed by atoms with Crippen LogP contribution in [0.2, 0.25) is 0 Å². The molecule has 8 heteroatoms. The van der Waals surface area contributed by atoms with Gasteiger partial charge in [0.1, 0.15) is 6.10 Å². The van der Waals surface area contributed by atoms with Crippen LogP contribution in [-0.4, -0.2) is 23.1 Å².